The number of rotatable bonds is 51. The van der Waals surface area contributed by atoms with E-state index in [4.69, 9.17) is 14.2 Å². The first-order chi connectivity index (χ1) is 35.0. The summed E-state index contributed by atoms with van der Waals surface area (Å²) in [6.07, 6.45) is 80.5. The van der Waals surface area contributed by atoms with Crippen LogP contribution in [0.1, 0.15) is 252 Å². The van der Waals surface area contributed by atoms with Crippen LogP contribution in [0.25, 0.3) is 0 Å². The average molecular weight is 984 g/mol. The van der Waals surface area contributed by atoms with Gasteiger partial charge in [0.25, 0.3) is 0 Å². The van der Waals surface area contributed by atoms with Crippen molar-refractivity contribution in [2.75, 3.05) is 13.2 Å². The van der Waals surface area contributed by atoms with Crippen molar-refractivity contribution in [3.05, 3.63) is 122 Å². The van der Waals surface area contributed by atoms with Crippen molar-refractivity contribution in [1.82, 2.24) is 0 Å². The molecule has 0 heterocycles. The van der Waals surface area contributed by atoms with Crippen LogP contribution < -0.4 is 0 Å². The second-order valence-corrected chi connectivity index (χ2v) is 18.8. The molecule has 0 aromatic rings. The summed E-state index contributed by atoms with van der Waals surface area (Å²) in [5.74, 6) is -1.01. The first-order valence-corrected chi connectivity index (χ1v) is 29.0. The van der Waals surface area contributed by atoms with Crippen molar-refractivity contribution in [2.45, 2.75) is 258 Å². The predicted octanol–water partition coefficient (Wildman–Crippen LogP) is 19.6. The smallest absolute Gasteiger partial charge is 0.306 e. The van der Waals surface area contributed by atoms with Gasteiger partial charge in [0.1, 0.15) is 13.2 Å². The number of unbranched alkanes of at least 4 members (excludes halogenated alkanes) is 20. The molecular weight excluding hydrogens is 877 g/mol. The highest BCUT2D eigenvalue weighted by Gasteiger charge is 2.19. The Morgan fingerprint density at radius 3 is 0.972 bits per heavy atom. The number of allylic oxidation sites excluding steroid dienone is 20. The highest BCUT2D eigenvalue weighted by Crippen LogP contribution is 2.13. The third-order valence-corrected chi connectivity index (χ3v) is 11.9. The van der Waals surface area contributed by atoms with E-state index in [2.05, 4.69) is 142 Å². The van der Waals surface area contributed by atoms with Gasteiger partial charge in [0.15, 0.2) is 6.10 Å². The largest absolute Gasteiger partial charge is 0.462 e. The Balaban J connectivity index is 4.56. The minimum absolute atomic E-state index is 0.114. The van der Waals surface area contributed by atoms with Crippen LogP contribution in [0.3, 0.4) is 0 Å². The number of esters is 3. The van der Waals surface area contributed by atoms with Gasteiger partial charge in [-0.2, -0.15) is 0 Å². The van der Waals surface area contributed by atoms with E-state index in [9.17, 15) is 14.4 Å². The molecule has 0 saturated carbocycles. The zero-order chi connectivity index (χ0) is 51.4. The zero-order valence-electron chi connectivity index (χ0n) is 45.9. The molecule has 0 aliphatic rings. The highest BCUT2D eigenvalue weighted by atomic mass is 16.6. The van der Waals surface area contributed by atoms with E-state index in [0.29, 0.717) is 19.3 Å². The summed E-state index contributed by atoms with van der Waals surface area (Å²) in [7, 11) is 0. The second kappa shape index (κ2) is 58.4. The summed E-state index contributed by atoms with van der Waals surface area (Å²) in [5, 5.41) is 0. The lowest BCUT2D eigenvalue weighted by molar-refractivity contribution is -0.167. The monoisotopic (exact) mass is 983 g/mol. The van der Waals surface area contributed by atoms with E-state index in [-0.39, 0.29) is 44.0 Å². The second-order valence-electron chi connectivity index (χ2n) is 18.8. The Morgan fingerprint density at radius 1 is 0.296 bits per heavy atom. The maximum absolute atomic E-state index is 12.9. The molecular formula is C65H106O6. The van der Waals surface area contributed by atoms with E-state index in [1.165, 1.54) is 103 Å². The van der Waals surface area contributed by atoms with Crippen LogP contribution in [-0.2, 0) is 28.6 Å². The zero-order valence-corrected chi connectivity index (χ0v) is 45.9. The number of hydrogen-bond acceptors (Lipinski definition) is 6. The lowest BCUT2D eigenvalue weighted by Crippen LogP contribution is -2.30. The van der Waals surface area contributed by atoms with Crippen LogP contribution in [0.2, 0.25) is 0 Å². The molecule has 0 aromatic heterocycles. The average Bonchev–Trinajstić information content (AvgIpc) is 3.37. The molecule has 0 N–H and O–H groups in total. The lowest BCUT2D eigenvalue weighted by atomic mass is 10.1. The Labute approximate surface area is 437 Å². The van der Waals surface area contributed by atoms with E-state index < -0.39 is 6.10 Å². The molecule has 402 valence electrons. The van der Waals surface area contributed by atoms with E-state index >= 15 is 0 Å². The number of carbonyl (C=O) groups excluding carboxylic acids is 3. The molecule has 0 amide bonds. The van der Waals surface area contributed by atoms with Gasteiger partial charge in [-0.3, -0.25) is 14.4 Å². The van der Waals surface area contributed by atoms with Gasteiger partial charge in [0, 0.05) is 19.3 Å². The summed E-state index contributed by atoms with van der Waals surface area (Å²) in [6.45, 7) is 6.41. The Kier molecular flexibility index (Phi) is 54.9. The Bertz CT molecular complexity index is 1500. The predicted molar refractivity (Wildman–Crippen MR) is 306 cm³/mol. The number of ether oxygens (including phenoxy) is 3. The normalized spacial score (nSPS) is 13.0. The van der Waals surface area contributed by atoms with Crippen LogP contribution in [0.4, 0.5) is 0 Å². The number of carbonyl (C=O) groups is 3. The van der Waals surface area contributed by atoms with Crippen LogP contribution in [0.5, 0.6) is 0 Å². The molecule has 0 spiro atoms. The summed E-state index contributed by atoms with van der Waals surface area (Å²) in [6, 6.07) is 0. The van der Waals surface area contributed by atoms with Crippen LogP contribution >= 0.6 is 0 Å². The minimum atomic E-state index is -0.823. The first kappa shape index (κ1) is 66.8. The fourth-order valence-electron chi connectivity index (χ4n) is 7.57. The molecule has 0 aliphatic carbocycles. The molecule has 6 heteroatoms. The van der Waals surface area contributed by atoms with Gasteiger partial charge in [-0.25, -0.2) is 0 Å². The van der Waals surface area contributed by atoms with Gasteiger partial charge in [0.05, 0.1) is 0 Å². The molecule has 1 atom stereocenters. The first-order valence-electron chi connectivity index (χ1n) is 29.0. The molecule has 0 aromatic carbocycles. The van der Waals surface area contributed by atoms with Crippen molar-refractivity contribution in [2.24, 2.45) is 0 Å². The van der Waals surface area contributed by atoms with Crippen LogP contribution in [0, 0.1) is 0 Å². The summed E-state index contributed by atoms with van der Waals surface area (Å²) >= 11 is 0. The van der Waals surface area contributed by atoms with E-state index in [1.807, 2.05) is 0 Å². The van der Waals surface area contributed by atoms with Crippen LogP contribution in [0.15, 0.2) is 122 Å². The third-order valence-electron chi connectivity index (χ3n) is 11.9. The minimum Gasteiger partial charge on any atom is -0.462 e. The van der Waals surface area contributed by atoms with Crippen molar-refractivity contribution < 1.29 is 28.6 Å². The van der Waals surface area contributed by atoms with Gasteiger partial charge in [-0.1, -0.05) is 226 Å². The fraction of sp³-hybridized carbons (Fsp3) is 0.646. The molecule has 6 nitrogen and oxygen atoms in total. The van der Waals surface area contributed by atoms with Gasteiger partial charge < -0.3 is 14.2 Å². The SMILES string of the molecule is CC/C=C\C/C=C\C/C=C\C/C=C\C/C=C\CCCCCC(=O)O[C@H](COC(=O)CCC/C=C\C/C=C\C/C=C\C/C=C\CCCCC)COC(=O)CCCCCCCCC/C=C\CCCCCCCC. The standard InChI is InChI=1S/C65H106O6/c1-4-7-10-13-16-19-22-25-28-31-32-35-38-41-44-47-50-53-56-59-65(68)71-62(60-69-63(66)57-54-51-48-45-42-39-36-33-29-26-23-20-17-14-11-8-5-2)61-70-64(67)58-55-52-49-46-43-40-37-34-30-27-24-21-18-15-12-9-6-3/h7,10,16-17,19-20,25-30,32,35-36,39,41,44-45,48,62H,4-6,8-9,11-15,18,21-24,31,33-34,37-38,40,42-43,46-47,49-61H2,1-3H3/b10-7-,19-16-,20-17-,28-25-,29-26-,30-27-,35-32-,39-36-,44-41-,48-45-/t62-/m1/s1. The van der Waals surface area contributed by atoms with Crippen molar-refractivity contribution in [3.63, 3.8) is 0 Å². The van der Waals surface area contributed by atoms with Gasteiger partial charge in [-0.15, -0.1) is 0 Å². The maximum atomic E-state index is 12.9. The molecule has 0 radical (unpaired) electrons. The van der Waals surface area contributed by atoms with E-state index in [1.54, 1.807) is 0 Å². The number of hydrogen-bond donors (Lipinski definition) is 0. The Hall–Kier alpha value is -4.19. The van der Waals surface area contributed by atoms with Crippen LogP contribution in [-0.4, -0.2) is 37.2 Å². The topological polar surface area (TPSA) is 78.9 Å². The van der Waals surface area contributed by atoms with Crippen molar-refractivity contribution in [1.29, 1.82) is 0 Å². The summed E-state index contributed by atoms with van der Waals surface area (Å²) in [5.41, 5.74) is 0. The molecule has 71 heavy (non-hydrogen) atoms. The molecule has 0 fully saturated rings. The van der Waals surface area contributed by atoms with Gasteiger partial charge in [0.2, 0.25) is 0 Å². The molecule has 0 saturated heterocycles. The summed E-state index contributed by atoms with van der Waals surface area (Å²) < 4.78 is 16.8. The van der Waals surface area contributed by atoms with Crippen molar-refractivity contribution in [3.8, 4) is 0 Å². The van der Waals surface area contributed by atoms with E-state index in [0.717, 1.165) is 96.3 Å². The maximum Gasteiger partial charge on any atom is 0.306 e. The molecule has 0 aliphatic heterocycles. The van der Waals surface area contributed by atoms with Crippen molar-refractivity contribution >= 4 is 17.9 Å². The lowest BCUT2D eigenvalue weighted by Gasteiger charge is -2.18. The molecule has 0 unspecified atom stereocenters. The fourth-order valence-corrected chi connectivity index (χ4v) is 7.57. The van der Waals surface area contributed by atoms with Gasteiger partial charge in [-0.05, 0) is 128 Å². The molecule has 0 bridgehead atoms. The Morgan fingerprint density at radius 2 is 0.563 bits per heavy atom. The quantitative estimate of drug-likeness (QED) is 0.0261. The van der Waals surface area contributed by atoms with Gasteiger partial charge >= 0.3 is 17.9 Å². The molecule has 0 rings (SSSR count). The summed E-state index contributed by atoms with van der Waals surface area (Å²) in [4.78, 5) is 38.2. The third kappa shape index (κ3) is 56.6. The highest BCUT2D eigenvalue weighted by molar-refractivity contribution is 5.71.